The highest BCUT2D eigenvalue weighted by molar-refractivity contribution is 5.92. The fourth-order valence-corrected chi connectivity index (χ4v) is 2.27. The Morgan fingerprint density at radius 2 is 2.18 bits per heavy atom. The van der Waals surface area contributed by atoms with Gasteiger partial charge in [0.1, 0.15) is 5.69 Å². The summed E-state index contributed by atoms with van der Waals surface area (Å²) in [5.41, 5.74) is 8.94. The van der Waals surface area contributed by atoms with Gasteiger partial charge < -0.3 is 15.4 Å². The van der Waals surface area contributed by atoms with Crippen molar-refractivity contribution in [3.63, 3.8) is 0 Å². The first kappa shape index (κ1) is 14.3. The maximum Gasteiger partial charge on any atom is 0.268 e. The minimum atomic E-state index is -0.572. The van der Waals surface area contributed by atoms with Crippen molar-refractivity contribution in [3.8, 4) is 0 Å². The molecule has 0 radical (unpaired) electrons. The van der Waals surface area contributed by atoms with E-state index in [1.165, 1.54) is 0 Å². The number of rotatable bonds is 4. The lowest BCUT2D eigenvalue weighted by molar-refractivity contribution is 0.0996. The normalized spacial score (nSPS) is 15.6. The molecule has 3 N–H and O–H groups in total. The number of carbonyl (C=O) groups excluding carboxylic acids is 1. The van der Waals surface area contributed by atoms with Crippen LogP contribution in [0, 0.1) is 0 Å². The topological polar surface area (TPSA) is 110 Å². The molecule has 0 saturated carbocycles. The van der Waals surface area contributed by atoms with Crippen molar-refractivity contribution in [2.45, 2.75) is 6.92 Å². The number of aromatic nitrogens is 3. The summed E-state index contributed by atoms with van der Waals surface area (Å²) in [6.07, 6.45) is 4.93. The van der Waals surface area contributed by atoms with Gasteiger partial charge in [0.05, 0.1) is 19.4 Å². The lowest BCUT2D eigenvalue weighted by Crippen LogP contribution is -2.37. The van der Waals surface area contributed by atoms with E-state index in [-0.39, 0.29) is 5.69 Å². The van der Waals surface area contributed by atoms with E-state index >= 15 is 0 Å². The molecule has 3 heterocycles. The monoisotopic (exact) mass is 303 g/mol. The second-order valence-electron chi connectivity index (χ2n) is 4.77. The van der Waals surface area contributed by atoms with Gasteiger partial charge in [0.2, 0.25) is 0 Å². The Labute approximate surface area is 126 Å². The van der Waals surface area contributed by atoms with Crippen molar-refractivity contribution in [2.75, 3.05) is 36.6 Å². The van der Waals surface area contributed by atoms with Gasteiger partial charge in [0.25, 0.3) is 5.91 Å². The average molecular weight is 303 g/mol. The second kappa shape index (κ2) is 5.98. The van der Waals surface area contributed by atoms with Gasteiger partial charge in [-0.3, -0.25) is 14.6 Å². The van der Waals surface area contributed by atoms with Crippen molar-refractivity contribution in [2.24, 2.45) is 10.8 Å². The zero-order valence-corrected chi connectivity index (χ0v) is 12.2. The number of primary amides is 1. The summed E-state index contributed by atoms with van der Waals surface area (Å²) in [5, 5.41) is 3.97. The number of hydrogen-bond donors (Lipinski definition) is 2. The van der Waals surface area contributed by atoms with E-state index in [1.54, 1.807) is 29.9 Å². The Balaban J connectivity index is 2.10. The molecule has 1 fully saturated rings. The summed E-state index contributed by atoms with van der Waals surface area (Å²) in [6, 6.07) is 0. The van der Waals surface area contributed by atoms with Crippen LogP contribution >= 0.6 is 0 Å². The van der Waals surface area contributed by atoms with Gasteiger partial charge in [-0.15, -0.1) is 0 Å². The Bertz CT molecular complexity index is 718. The number of morpholine rings is 1. The summed E-state index contributed by atoms with van der Waals surface area (Å²) >= 11 is 0. The van der Waals surface area contributed by atoms with Crippen LogP contribution in [0.2, 0.25) is 0 Å². The Hall–Kier alpha value is -2.68. The molecule has 2 aromatic rings. The van der Waals surface area contributed by atoms with Crippen molar-refractivity contribution >= 4 is 29.4 Å². The van der Waals surface area contributed by atoms with Gasteiger partial charge in [-0.2, -0.15) is 5.10 Å². The number of amides is 1. The molecule has 1 aliphatic heterocycles. The van der Waals surface area contributed by atoms with Crippen molar-refractivity contribution in [1.82, 2.24) is 14.4 Å². The molecule has 1 saturated heterocycles. The van der Waals surface area contributed by atoms with E-state index in [2.05, 4.69) is 25.4 Å². The van der Waals surface area contributed by atoms with Crippen molar-refractivity contribution in [3.05, 3.63) is 18.1 Å². The molecular weight excluding hydrogens is 286 g/mol. The molecule has 116 valence electrons. The fourth-order valence-electron chi connectivity index (χ4n) is 2.27. The van der Waals surface area contributed by atoms with Crippen LogP contribution in [0.15, 0.2) is 17.5 Å². The molecule has 0 atom stereocenters. The SMILES string of the molecule is C/C=N/Nc1cn2cc(C(N)=O)nc2c(N2CCOCC2)n1. The highest BCUT2D eigenvalue weighted by Crippen LogP contribution is 2.22. The Morgan fingerprint density at radius 3 is 2.86 bits per heavy atom. The van der Waals surface area contributed by atoms with E-state index in [1.807, 2.05) is 0 Å². The molecule has 1 amide bonds. The lowest BCUT2D eigenvalue weighted by atomic mass is 10.4. The standard InChI is InChI=1S/C13H17N7O2/c1-2-15-18-10-8-20-7-9(11(14)21)16-12(20)13(17-10)19-3-5-22-6-4-19/h2,7-8,18H,3-6H2,1H3,(H2,14,21)/b15-2+. The number of nitrogens with one attached hydrogen (secondary N) is 1. The highest BCUT2D eigenvalue weighted by Gasteiger charge is 2.19. The van der Waals surface area contributed by atoms with Crippen LogP contribution in [0.5, 0.6) is 0 Å². The van der Waals surface area contributed by atoms with Crippen LogP contribution < -0.4 is 16.1 Å². The number of nitrogens with zero attached hydrogens (tertiary/aromatic N) is 5. The van der Waals surface area contributed by atoms with Crippen LogP contribution in [-0.2, 0) is 4.74 Å². The Morgan fingerprint density at radius 1 is 1.41 bits per heavy atom. The van der Waals surface area contributed by atoms with Gasteiger partial charge in [-0.25, -0.2) is 9.97 Å². The minimum Gasteiger partial charge on any atom is -0.378 e. The van der Waals surface area contributed by atoms with Crippen molar-refractivity contribution < 1.29 is 9.53 Å². The third-order valence-corrected chi connectivity index (χ3v) is 3.29. The number of hydrazone groups is 1. The molecular formula is C13H17N7O2. The average Bonchev–Trinajstić information content (AvgIpc) is 2.97. The predicted octanol–water partition coefficient (Wildman–Crippen LogP) is 0.0824. The van der Waals surface area contributed by atoms with E-state index < -0.39 is 5.91 Å². The van der Waals surface area contributed by atoms with Crippen LogP contribution in [0.1, 0.15) is 17.4 Å². The molecule has 22 heavy (non-hydrogen) atoms. The highest BCUT2D eigenvalue weighted by atomic mass is 16.5. The quantitative estimate of drug-likeness (QED) is 0.611. The molecule has 2 aromatic heterocycles. The van der Waals surface area contributed by atoms with Gasteiger partial charge in [0, 0.05) is 25.5 Å². The first-order valence-electron chi connectivity index (χ1n) is 6.95. The number of ether oxygens (including phenoxy) is 1. The van der Waals surface area contributed by atoms with Crippen LogP contribution in [0.3, 0.4) is 0 Å². The van der Waals surface area contributed by atoms with Crippen LogP contribution in [-0.4, -0.2) is 52.8 Å². The fraction of sp³-hybridized carbons (Fsp3) is 0.385. The number of hydrogen-bond acceptors (Lipinski definition) is 7. The van der Waals surface area contributed by atoms with E-state index in [0.29, 0.717) is 43.6 Å². The number of anilines is 2. The summed E-state index contributed by atoms with van der Waals surface area (Å²) in [4.78, 5) is 22.3. The van der Waals surface area contributed by atoms with Crippen molar-refractivity contribution in [1.29, 1.82) is 0 Å². The molecule has 3 rings (SSSR count). The maximum atomic E-state index is 11.4. The van der Waals surface area contributed by atoms with Crippen LogP contribution in [0.4, 0.5) is 11.6 Å². The van der Waals surface area contributed by atoms with E-state index in [9.17, 15) is 4.79 Å². The number of fused-ring (bicyclic) bond motifs is 1. The predicted molar refractivity (Wildman–Crippen MR) is 82.3 cm³/mol. The Kier molecular flexibility index (Phi) is 3.88. The zero-order chi connectivity index (χ0) is 15.5. The lowest BCUT2D eigenvalue weighted by Gasteiger charge is -2.28. The van der Waals surface area contributed by atoms with Gasteiger partial charge in [-0.05, 0) is 6.92 Å². The molecule has 9 heteroatoms. The summed E-state index contributed by atoms with van der Waals surface area (Å²) < 4.78 is 7.09. The molecule has 0 aliphatic carbocycles. The number of imidazole rings is 1. The molecule has 9 nitrogen and oxygen atoms in total. The molecule has 0 spiro atoms. The van der Waals surface area contributed by atoms with E-state index in [0.717, 1.165) is 0 Å². The minimum absolute atomic E-state index is 0.201. The summed E-state index contributed by atoms with van der Waals surface area (Å²) in [5.74, 6) is 0.658. The molecule has 1 aliphatic rings. The largest absolute Gasteiger partial charge is 0.378 e. The van der Waals surface area contributed by atoms with Gasteiger partial charge in [-0.1, -0.05) is 0 Å². The number of nitrogens with two attached hydrogens (primary N) is 1. The summed E-state index contributed by atoms with van der Waals surface area (Å²) in [6.45, 7) is 4.48. The second-order valence-corrected chi connectivity index (χ2v) is 4.77. The maximum absolute atomic E-state index is 11.4. The smallest absolute Gasteiger partial charge is 0.268 e. The first-order valence-corrected chi connectivity index (χ1v) is 6.95. The summed E-state index contributed by atoms with van der Waals surface area (Å²) in [7, 11) is 0. The third-order valence-electron chi connectivity index (χ3n) is 3.29. The van der Waals surface area contributed by atoms with Gasteiger partial charge in [0.15, 0.2) is 17.3 Å². The zero-order valence-electron chi connectivity index (χ0n) is 12.2. The first-order chi connectivity index (χ1) is 10.7. The number of carbonyl (C=O) groups is 1. The van der Waals surface area contributed by atoms with Crippen LogP contribution in [0.25, 0.3) is 5.65 Å². The molecule has 0 bridgehead atoms. The molecule has 0 aromatic carbocycles. The molecule has 0 unspecified atom stereocenters. The van der Waals surface area contributed by atoms with Gasteiger partial charge >= 0.3 is 0 Å². The van der Waals surface area contributed by atoms with E-state index in [4.69, 9.17) is 10.5 Å². The third kappa shape index (κ3) is 2.70.